The van der Waals surface area contributed by atoms with Crippen LogP contribution in [0.2, 0.25) is 5.02 Å². The van der Waals surface area contributed by atoms with Crippen LogP contribution >= 0.6 is 11.6 Å². The van der Waals surface area contributed by atoms with Crippen molar-refractivity contribution in [2.45, 2.75) is 0 Å². The van der Waals surface area contributed by atoms with Gasteiger partial charge in [0.15, 0.2) is 0 Å². The summed E-state index contributed by atoms with van der Waals surface area (Å²) in [5, 5.41) is 11.8. The number of amides is 1. The molecule has 0 atom stereocenters. The molecule has 26 heavy (non-hydrogen) atoms. The number of aromatic hydroxyl groups is 1. The van der Waals surface area contributed by atoms with Crippen LogP contribution in [0.25, 0.3) is 10.8 Å². The molecule has 3 N–H and O–H groups in total. The van der Waals surface area contributed by atoms with E-state index in [0.29, 0.717) is 35.6 Å². The zero-order valence-corrected chi connectivity index (χ0v) is 14.8. The van der Waals surface area contributed by atoms with E-state index in [2.05, 4.69) is 4.90 Å². The molecule has 1 saturated heterocycles. The van der Waals surface area contributed by atoms with Gasteiger partial charge in [-0.15, -0.1) is 0 Å². The van der Waals surface area contributed by atoms with Gasteiger partial charge < -0.3 is 20.3 Å². The Morgan fingerprint density at radius 3 is 2.69 bits per heavy atom. The van der Waals surface area contributed by atoms with E-state index in [1.54, 1.807) is 18.2 Å². The molecule has 138 valence electrons. The number of hydrogen-bond donors (Lipinski definition) is 2. The number of rotatable bonds is 5. The summed E-state index contributed by atoms with van der Waals surface area (Å²) in [6, 6.07) is 6.19. The van der Waals surface area contributed by atoms with Crippen LogP contribution in [0.5, 0.6) is 5.75 Å². The molecule has 0 saturated carbocycles. The first-order valence-electron chi connectivity index (χ1n) is 8.19. The molecule has 1 heterocycles. The summed E-state index contributed by atoms with van der Waals surface area (Å²) in [6.45, 7) is 3.60. The predicted molar refractivity (Wildman–Crippen MR) is 96.7 cm³/mol. The second kappa shape index (κ2) is 7.90. The van der Waals surface area contributed by atoms with E-state index in [-0.39, 0.29) is 17.7 Å². The Balaban J connectivity index is 1.82. The molecule has 1 fully saturated rings. The third-order valence-electron chi connectivity index (χ3n) is 4.29. The topological polar surface area (TPSA) is 102 Å². The molecule has 0 unspecified atom stereocenters. The summed E-state index contributed by atoms with van der Waals surface area (Å²) in [4.78, 5) is 26.3. The lowest BCUT2D eigenvalue weighted by atomic mass is 9.99. The SMILES string of the molecule is NC(=O)c1c(O)c(C(=O)OCCN2CCOCC2)cc2cc(Cl)ccc12. The smallest absolute Gasteiger partial charge is 0.342 e. The van der Waals surface area contributed by atoms with Crippen molar-refractivity contribution in [1.29, 1.82) is 0 Å². The Hall–Kier alpha value is -2.35. The fraction of sp³-hybridized carbons (Fsp3) is 0.333. The van der Waals surface area contributed by atoms with Crippen molar-refractivity contribution in [3.8, 4) is 5.75 Å². The fourth-order valence-electron chi connectivity index (χ4n) is 2.94. The van der Waals surface area contributed by atoms with Crippen molar-refractivity contribution in [3.63, 3.8) is 0 Å². The first-order valence-corrected chi connectivity index (χ1v) is 8.57. The highest BCUT2D eigenvalue weighted by atomic mass is 35.5. The molecule has 1 aliphatic rings. The van der Waals surface area contributed by atoms with Gasteiger partial charge in [-0.1, -0.05) is 17.7 Å². The van der Waals surface area contributed by atoms with Gasteiger partial charge in [-0.2, -0.15) is 0 Å². The van der Waals surface area contributed by atoms with E-state index < -0.39 is 17.6 Å². The molecule has 1 aliphatic heterocycles. The zero-order chi connectivity index (χ0) is 18.7. The molecular weight excluding hydrogens is 360 g/mol. The van der Waals surface area contributed by atoms with Gasteiger partial charge >= 0.3 is 5.97 Å². The second-order valence-electron chi connectivity index (χ2n) is 5.97. The number of carbonyl (C=O) groups excluding carboxylic acids is 2. The molecule has 0 radical (unpaired) electrons. The normalized spacial score (nSPS) is 15.1. The molecule has 1 amide bonds. The maximum absolute atomic E-state index is 12.4. The number of primary amides is 1. The first kappa shape index (κ1) is 18.4. The van der Waals surface area contributed by atoms with Crippen LogP contribution in [0.3, 0.4) is 0 Å². The van der Waals surface area contributed by atoms with Crippen molar-refractivity contribution < 1.29 is 24.2 Å². The Labute approximate surface area is 155 Å². The van der Waals surface area contributed by atoms with Crippen LogP contribution in [0.15, 0.2) is 24.3 Å². The van der Waals surface area contributed by atoms with E-state index in [4.69, 9.17) is 26.8 Å². The van der Waals surface area contributed by atoms with Crippen LogP contribution in [0.4, 0.5) is 0 Å². The second-order valence-corrected chi connectivity index (χ2v) is 6.40. The van der Waals surface area contributed by atoms with Crippen molar-refractivity contribution in [2.75, 3.05) is 39.5 Å². The van der Waals surface area contributed by atoms with Crippen LogP contribution < -0.4 is 5.73 Å². The quantitative estimate of drug-likeness (QED) is 0.769. The molecule has 2 aromatic rings. The number of phenols is 1. The highest BCUT2D eigenvalue weighted by Gasteiger charge is 2.22. The number of carbonyl (C=O) groups is 2. The molecule has 0 aliphatic carbocycles. The van der Waals surface area contributed by atoms with E-state index in [9.17, 15) is 14.7 Å². The Morgan fingerprint density at radius 2 is 2.00 bits per heavy atom. The number of benzene rings is 2. The van der Waals surface area contributed by atoms with Crippen LogP contribution in [-0.4, -0.2) is 61.3 Å². The number of ether oxygens (including phenoxy) is 2. The fourth-order valence-corrected chi connectivity index (χ4v) is 3.12. The van der Waals surface area contributed by atoms with E-state index in [1.165, 1.54) is 6.07 Å². The first-order chi connectivity index (χ1) is 12.5. The average molecular weight is 379 g/mol. The van der Waals surface area contributed by atoms with Gasteiger partial charge in [0.25, 0.3) is 5.91 Å². The van der Waals surface area contributed by atoms with Gasteiger partial charge in [0.05, 0.1) is 18.8 Å². The predicted octanol–water partition coefficient (Wildman–Crippen LogP) is 1.79. The van der Waals surface area contributed by atoms with Crippen molar-refractivity contribution >= 4 is 34.2 Å². The third kappa shape index (κ3) is 3.90. The summed E-state index contributed by atoms with van der Waals surface area (Å²) in [7, 11) is 0. The Kier molecular flexibility index (Phi) is 5.61. The third-order valence-corrected chi connectivity index (χ3v) is 4.52. The summed E-state index contributed by atoms with van der Waals surface area (Å²) >= 11 is 5.98. The Morgan fingerprint density at radius 1 is 1.27 bits per heavy atom. The van der Waals surface area contributed by atoms with Gasteiger partial charge in [-0.05, 0) is 29.0 Å². The number of nitrogens with two attached hydrogens (primary N) is 1. The average Bonchev–Trinajstić information content (AvgIpc) is 2.61. The van der Waals surface area contributed by atoms with Gasteiger partial charge in [0.2, 0.25) is 0 Å². The maximum atomic E-state index is 12.4. The monoisotopic (exact) mass is 378 g/mol. The minimum Gasteiger partial charge on any atom is -0.506 e. The van der Waals surface area contributed by atoms with Crippen LogP contribution in [0.1, 0.15) is 20.7 Å². The van der Waals surface area contributed by atoms with Crippen molar-refractivity contribution in [1.82, 2.24) is 4.90 Å². The molecular formula is C18H19ClN2O5. The lowest BCUT2D eigenvalue weighted by Crippen LogP contribution is -2.38. The van der Waals surface area contributed by atoms with Gasteiger partial charge in [-0.3, -0.25) is 9.69 Å². The van der Waals surface area contributed by atoms with Gasteiger partial charge in [0, 0.05) is 24.7 Å². The Bertz CT molecular complexity index is 849. The van der Waals surface area contributed by atoms with Crippen LogP contribution in [-0.2, 0) is 9.47 Å². The van der Waals surface area contributed by atoms with Gasteiger partial charge in [-0.25, -0.2) is 4.79 Å². The zero-order valence-electron chi connectivity index (χ0n) is 14.0. The summed E-state index contributed by atoms with van der Waals surface area (Å²) in [5.74, 6) is -2.04. The van der Waals surface area contributed by atoms with E-state index in [1.807, 2.05) is 0 Å². The largest absolute Gasteiger partial charge is 0.506 e. The number of halogens is 1. The lowest BCUT2D eigenvalue weighted by Gasteiger charge is -2.26. The number of fused-ring (bicyclic) bond motifs is 1. The van der Waals surface area contributed by atoms with E-state index in [0.717, 1.165) is 13.1 Å². The standard InChI is InChI=1S/C18H19ClN2O5/c19-12-1-2-13-11(9-12)10-14(16(22)15(13)17(20)23)18(24)26-8-5-21-3-6-25-7-4-21/h1-2,9-10,22H,3-8H2,(H2,20,23). The minimum atomic E-state index is -0.835. The molecule has 8 heteroatoms. The molecule has 0 spiro atoms. The summed E-state index contributed by atoms with van der Waals surface area (Å²) < 4.78 is 10.5. The summed E-state index contributed by atoms with van der Waals surface area (Å²) in [6.07, 6.45) is 0. The van der Waals surface area contributed by atoms with E-state index >= 15 is 0 Å². The highest BCUT2D eigenvalue weighted by molar-refractivity contribution is 6.31. The number of morpholine rings is 1. The molecule has 3 rings (SSSR count). The highest BCUT2D eigenvalue weighted by Crippen LogP contribution is 2.33. The minimum absolute atomic E-state index is 0.115. The number of esters is 1. The summed E-state index contributed by atoms with van der Waals surface area (Å²) in [5.41, 5.74) is 5.14. The number of hydrogen-bond acceptors (Lipinski definition) is 6. The van der Waals surface area contributed by atoms with Gasteiger partial charge in [0.1, 0.15) is 17.9 Å². The molecule has 2 aromatic carbocycles. The number of nitrogens with zero attached hydrogens (tertiary/aromatic N) is 1. The van der Waals surface area contributed by atoms with Crippen molar-refractivity contribution in [2.24, 2.45) is 5.73 Å². The molecule has 7 nitrogen and oxygen atoms in total. The van der Waals surface area contributed by atoms with Crippen LogP contribution in [0, 0.1) is 0 Å². The van der Waals surface area contributed by atoms with Crippen molar-refractivity contribution in [3.05, 3.63) is 40.4 Å². The molecule has 0 aromatic heterocycles. The molecule has 0 bridgehead atoms. The lowest BCUT2D eigenvalue weighted by molar-refractivity contribution is 0.0194. The maximum Gasteiger partial charge on any atom is 0.342 e.